The molecule has 2 aromatic heterocycles. The molecule has 5 nitrogen and oxygen atoms in total. The lowest BCUT2D eigenvalue weighted by molar-refractivity contribution is -0.113. The molecule has 0 saturated heterocycles. The summed E-state index contributed by atoms with van der Waals surface area (Å²) in [5, 5.41) is 12.0. The zero-order valence-electron chi connectivity index (χ0n) is 11.2. The van der Waals surface area contributed by atoms with Crippen LogP contribution >= 0.6 is 23.1 Å². The summed E-state index contributed by atoms with van der Waals surface area (Å²) in [5.74, 6) is 0.208. The van der Waals surface area contributed by atoms with Gasteiger partial charge in [-0.1, -0.05) is 23.9 Å². The number of hydrogen-bond donors (Lipinski definition) is 2. The highest BCUT2D eigenvalue weighted by Crippen LogP contribution is 2.23. The molecular formula is C14H11FN4OS2. The van der Waals surface area contributed by atoms with E-state index in [-0.39, 0.29) is 17.5 Å². The minimum absolute atomic E-state index is 0.151. The summed E-state index contributed by atoms with van der Waals surface area (Å²) in [6.07, 6.45) is 0. The quantitative estimate of drug-likeness (QED) is 0.702. The van der Waals surface area contributed by atoms with Crippen molar-refractivity contribution in [3.8, 4) is 10.7 Å². The van der Waals surface area contributed by atoms with Crippen LogP contribution in [-0.2, 0) is 4.79 Å². The van der Waals surface area contributed by atoms with Crippen LogP contribution in [0.1, 0.15) is 0 Å². The summed E-state index contributed by atoms with van der Waals surface area (Å²) in [6.45, 7) is 0. The maximum Gasteiger partial charge on any atom is 0.234 e. The number of amides is 1. The summed E-state index contributed by atoms with van der Waals surface area (Å²) in [5.41, 5.74) is 0.430. The number of aromatic nitrogens is 3. The van der Waals surface area contributed by atoms with Crippen LogP contribution in [0.2, 0.25) is 0 Å². The number of H-pyrrole nitrogens is 1. The number of anilines is 1. The first kappa shape index (κ1) is 14.7. The molecule has 0 aliphatic carbocycles. The van der Waals surface area contributed by atoms with E-state index in [0.717, 1.165) is 4.88 Å². The molecule has 1 aromatic carbocycles. The second-order valence-electron chi connectivity index (χ2n) is 4.29. The normalized spacial score (nSPS) is 10.6. The average molecular weight is 334 g/mol. The first-order valence-corrected chi connectivity index (χ1v) is 8.22. The van der Waals surface area contributed by atoms with Crippen molar-refractivity contribution in [3.05, 3.63) is 47.6 Å². The van der Waals surface area contributed by atoms with Crippen molar-refractivity contribution in [2.45, 2.75) is 5.16 Å². The molecule has 0 radical (unpaired) electrons. The largest absolute Gasteiger partial charge is 0.325 e. The van der Waals surface area contributed by atoms with Gasteiger partial charge in [0, 0.05) is 5.69 Å². The molecule has 3 aromatic rings. The minimum atomic E-state index is -0.389. The molecule has 2 N–H and O–H groups in total. The van der Waals surface area contributed by atoms with Gasteiger partial charge in [-0.15, -0.1) is 16.4 Å². The van der Waals surface area contributed by atoms with Crippen molar-refractivity contribution in [2.24, 2.45) is 0 Å². The van der Waals surface area contributed by atoms with Gasteiger partial charge >= 0.3 is 0 Å². The third kappa shape index (κ3) is 3.71. The SMILES string of the molecule is O=C(CSc1n[nH]c(-c2cccs2)n1)Nc1cccc(F)c1. The Balaban J connectivity index is 1.55. The Morgan fingerprint density at radius 1 is 1.36 bits per heavy atom. The van der Waals surface area contributed by atoms with Crippen LogP contribution in [0.3, 0.4) is 0 Å². The summed E-state index contributed by atoms with van der Waals surface area (Å²) in [6, 6.07) is 9.64. The number of benzene rings is 1. The number of nitrogens with one attached hydrogen (secondary N) is 2. The Kier molecular flexibility index (Phi) is 4.50. The zero-order chi connectivity index (χ0) is 15.4. The Labute approximate surface area is 134 Å². The first-order valence-electron chi connectivity index (χ1n) is 6.35. The average Bonchev–Trinajstić information content (AvgIpc) is 3.16. The Morgan fingerprint density at radius 2 is 2.27 bits per heavy atom. The van der Waals surface area contributed by atoms with Crippen molar-refractivity contribution in [3.63, 3.8) is 0 Å². The topological polar surface area (TPSA) is 70.7 Å². The molecule has 0 unspecified atom stereocenters. The van der Waals surface area contributed by atoms with Crippen molar-refractivity contribution < 1.29 is 9.18 Å². The van der Waals surface area contributed by atoms with E-state index in [0.29, 0.717) is 16.7 Å². The maximum absolute atomic E-state index is 13.0. The van der Waals surface area contributed by atoms with E-state index in [1.165, 1.54) is 23.9 Å². The lowest BCUT2D eigenvalue weighted by atomic mass is 10.3. The predicted molar refractivity (Wildman–Crippen MR) is 85.4 cm³/mol. The predicted octanol–water partition coefficient (Wildman–Crippen LogP) is 3.40. The molecular weight excluding hydrogens is 323 g/mol. The number of thiophene rings is 1. The molecule has 0 aliphatic heterocycles. The van der Waals surface area contributed by atoms with E-state index in [1.807, 2.05) is 17.5 Å². The van der Waals surface area contributed by atoms with Crippen molar-refractivity contribution in [1.82, 2.24) is 15.2 Å². The zero-order valence-corrected chi connectivity index (χ0v) is 12.9. The molecule has 0 atom stereocenters. The van der Waals surface area contributed by atoms with Crippen LogP contribution < -0.4 is 5.32 Å². The summed E-state index contributed by atoms with van der Waals surface area (Å²) in [4.78, 5) is 17.1. The summed E-state index contributed by atoms with van der Waals surface area (Å²) < 4.78 is 13.0. The Morgan fingerprint density at radius 3 is 3.05 bits per heavy atom. The second kappa shape index (κ2) is 6.71. The maximum atomic E-state index is 13.0. The summed E-state index contributed by atoms with van der Waals surface area (Å²) in [7, 11) is 0. The number of carbonyl (C=O) groups is 1. The van der Waals surface area contributed by atoms with Gasteiger partial charge in [-0.2, -0.15) is 0 Å². The lowest BCUT2D eigenvalue weighted by Gasteiger charge is -2.03. The van der Waals surface area contributed by atoms with E-state index in [9.17, 15) is 9.18 Å². The minimum Gasteiger partial charge on any atom is -0.325 e. The monoisotopic (exact) mass is 334 g/mol. The number of nitrogens with zero attached hydrogens (tertiary/aromatic N) is 2. The van der Waals surface area contributed by atoms with Crippen LogP contribution in [0.15, 0.2) is 46.9 Å². The van der Waals surface area contributed by atoms with Crippen LogP contribution in [0.25, 0.3) is 10.7 Å². The molecule has 3 rings (SSSR count). The highest BCUT2D eigenvalue weighted by atomic mass is 32.2. The molecule has 0 spiro atoms. The fraction of sp³-hybridized carbons (Fsp3) is 0.0714. The van der Waals surface area contributed by atoms with Crippen molar-refractivity contribution in [2.75, 3.05) is 11.1 Å². The standard InChI is InChI=1S/C14H11FN4OS2/c15-9-3-1-4-10(7-9)16-12(20)8-22-14-17-13(18-19-14)11-5-2-6-21-11/h1-7H,8H2,(H,16,20)(H,17,18,19). The van der Waals surface area contributed by atoms with E-state index < -0.39 is 0 Å². The van der Waals surface area contributed by atoms with E-state index in [1.54, 1.807) is 23.5 Å². The van der Waals surface area contributed by atoms with Crippen molar-refractivity contribution >= 4 is 34.7 Å². The smallest absolute Gasteiger partial charge is 0.234 e. The third-order valence-electron chi connectivity index (χ3n) is 2.66. The molecule has 1 amide bonds. The van der Waals surface area contributed by atoms with Crippen LogP contribution in [0, 0.1) is 5.82 Å². The van der Waals surface area contributed by atoms with Gasteiger partial charge in [-0.05, 0) is 29.6 Å². The Hall–Kier alpha value is -2.19. The first-order chi connectivity index (χ1) is 10.7. The van der Waals surface area contributed by atoms with E-state index >= 15 is 0 Å². The number of aromatic amines is 1. The number of halogens is 1. The molecule has 8 heteroatoms. The van der Waals surface area contributed by atoms with Gasteiger partial charge in [-0.3, -0.25) is 9.89 Å². The highest BCUT2D eigenvalue weighted by molar-refractivity contribution is 7.99. The van der Waals surface area contributed by atoms with Gasteiger partial charge in [0.1, 0.15) is 5.82 Å². The van der Waals surface area contributed by atoms with Crippen molar-refractivity contribution in [1.29, 1.82) is 0 Å². The fourth-order valence-corrected chi connectivity index (χ4v) is 2.99. The molecule has 0 saturated carbocycles. The fourth-order valence-electron chi connectivity index (χ4n) is 1.73. The van der Waals surface area contributed by atoms with Gasteiger partial charge in [0.25, 0.3) is 0 Å². The van der Waals surface area contributed by atoms with Crippen LogP contribution in [0.5, 0.6) is 0 Å². The van der Waals surface area contributed by atoms with E-state index in [4.69, 9.17) is 0 Å². The van der Waals surface area contributed by atoms with Crippen LogP contribution in [0.4, 0.5) is 10.1 Å². The second-order valence-corrected chi connectivity index (χ2v) is 6.18. The highest BCUT2D eigenvalue weighted by Gasteiger charge is 2.10. The number of rotatable bonds is 5. The van der Waals surface area contributed by atoms with Gasteiger partial charge in [0.05, 0.1) is 10.6 Å². The number of hydrogen-bond acceptors (Lipinski definition) is 5. The molecule has 112 valence electrons. The number of thioether (sulfide) groups is 1. The molecule has 0 fully saturated rings. The van der Waals surface area contributed by atoms with Crippen LogP contribution in [-0.4, -0.2) is 26.8 Å². The van der Waals surface area contributed by atoms with E-state index in [2.05, 4.69) is 20.5 Å². The third-order valence-corrected chi connectivity index (χ3v) is 4.38. The van der Waals surface area contributed by atoms with Gasteiger partial charge in [0.15, 0.2) is 5.82 Å². The lowest BCUT2D eigenvalue weighted by Crippen LogP contribution is -2.14. The molecule has 2 heterocycles. The Bertz CT molecular complexity index is 773. The van der Waals surface area contributed by atoms with Gasteiger partial charge < -0.3 is 5.32 Å². The molecule has 0 aliphatic rings. The molecule has 22 heavy (non-hydrogen) atoms. The number of carbonyl (C=O) groups excluding carboxylic acids is 1. The van der Waals surface area contributed by atoms with Gasteiger partial charge in [-0.25, -0.2) is 9.37 Å². The van der Waals surface area contributed by atoms with Gasteiger partial charge in [0.2, 0.25) is 11.1 Å². The summed E-state index contributed by atoms with van der Waals surface area (Å²) >= 11 is 2.77. The molecule has 0 bridgehead atoms.